The van der Waals surface area contributed by atoms with Crippen LogP contribution in [-0.2, 0) is 16.2 Å². The minimum atomic E-state index is -0.0554. The molecule has 0 bridgehead atoms. The Morgan fingerprint density at radius 1 is 0.540 bits per heavy atom. The first-order valence-corrected chi connectivity index (χ1v) is 25.0. The zero-order chi connectivity index (χ0) is 42.9. The monoisotopic (exact) mass is 868 g/mol. The Labute approximate surface area is 382 Å². The maximum atomic E-state index is 2.73. The van der Waals surface area contributed by atoms with Crippen LogP contribution < -0.4 is 20.6 Å². The molecule has 13 rings (SSSR count). The molecule has 0 atom stereocenters. The fourth-order valence-corrected chi connectivity index (χ4v) is 15.1. The second-order valence-corrected chi connectivity index (χ2v) is 24.0. The van der Waals surface area contributed by atoms with Crippen LogP contribution in [0.15, 0.2) is 127 Å². The van der Waals surface area contributed by atoms with Crippen molar-refractivity contribution >= 4 is 130 Å². The SMILES string of the molecule is Cc1cc2c(cc1N1c3cc4c(sc5ccccc54)c4c3B(c3c1sc1ccccc31)N(c1ccc(C(C)(C)C)cc1)c1cc3sc5ccccc5c3cc1-4)C(C)(C)CCC2(C)C. The molecule has 0 amide bonds. The van der Waals surface area contributed by atoms with E-state index in [1.807, 2.05) is 34.0 Å². The third-order valence-corrected chi connectivity index (χ3v) is 18.5. The topological polar surface area (TPSA) is 6.48 Å². The summed E-state index contributed by atoms with van der Waals surface area (Å²) in [6.45, 7) is 19.1. The summed E-state index contributed by atoms with van der Waals surface area (Å²) in [5, 5.41) is 8.04. The largest absolute Gasteiger partial charge is 0.376 e. The van der Waals surface area contributed by atoms with Crippen molar-refractivity contribution in [3.05, 3.63) is 150 Å². The van der Waals surface area contributed by atoms with Gasteiger partial charge in [0.25, 0.3) is 0 Å². The maximum Gasteiger partial charge on any atom is 0.334 e. The van der Waals surface area contributed by atoms with Crippen LogP contribution in [0.3, 0.4) is 0 Å². The highest BCUT2D eigenvalue weighted by atomic mass is 32.1. The third-order valence-electron chi connectivity index (χ3n) is 15.0. The number of nitrogens with zero attached hydrogens (tertiary/aromatic N) is 2. The van der Waals surface area contributed by atoms with Gasteiger partial charge in [0, 0.05) is 73.2 Å². The van der Waals surface area contributed by atoms with E-state index in [-0.39, 0.29) is 23.1 Å². The van der Waals surface area contributed by atoms with Crippen LogP contribution in [0.1, 0.15) is 83.6 Å². The molecule has 308 valence electrons. The van der Waals surface area contributed by atoms with Crippen molar-refractivity contribution in [1.29, 1.82) is 0 Å². The fourth-order valence-electron chi connectivity index (χ4n) is 11.5. The third kappa shape index (κ3) is 5.29. The summed E-state index contributed by atoms with van der Waals surface area (Å²) in [6.07, 6.45) is 2.38. The highest BCUT2D eigenvalue weighted by molar-refractivity contribution is 7.28. The van der Waals surface area contributed by atoms with Gasteiger partial charge in [0.05, 0.1) is 10.7 Å². The van der Waals surface area contributed by atoms with Crippen LogP contribution in [0.4, 0.5) is 27.8 Å². The van der Waals surface area contributed by atoms with E-state index < -0.39 is 0 Å². The van der Waals surface area contributed by atoms with Gasteiger partial charge in [-0.3, -0.25) is 0 Å². The summed E-state index contributed by atoms with van der Waals surface area (Å²) < 4.78 is 6.73. The Hall–Kier alpha value is -5.40. The lowest BCUT2D eigenvalue weighted by Crippen LogP contribution is -2.61. The smallest absolute Gasteiger partial charge is 0.334 e. The van der Waals surface area contributed by atoms with Gasteiger partial charge in [-0.05, 0) is 129 Å². The number of rotatable bonds is 2. The second kappa shape index (κ2) is 12.9. The highest BCUT2D eigenvalue weighted by Gasteiger charge is 2.49. The van der Waals surface area contributed by atoms with Gasteiger partial charge in [0.15, 0.2) is 0 Å². The molecular weight excluding hydrogens is 820 g/mol. The molecule has 0 radical (unpaired) electrons. The van der Waals surface area contributed by atoms with E-state index in [1.165, 1.54) is 135 Å². The molecule has 7 aromatic carbocycles. The van der Waals surface area contributed by atoms with E-state index in [0.29, 0.717) is 0 Å². The lowest BCUT2D eigenvalue weighted by atomic mass is 9.43. The van der Waals surface area contributed by atoms with Gasteiger partial charge in [-0.25, -0.2) is 0 Å². The Kier molecular flexibility index (Phi) is 7.78. The molecule has 6 heteroatoms. The number of hydrogen-bond acceptors (Lipinski definition) is 5. The maximum absolute atomic E-state index is 2.73. The average Bonchev–Trinajstić information content (AvgIpc) is 3.96. The first-order chi connectivity index (χ1) is 30.3. The standard InChI is InChI=1S/C57H49BN2S3/c1-32-27-41-42(57(7,8)26-25-56(41,5)6)30-43(32)59-45-29-39-36-16-10-13-19-47(36)62-53(39)50-40-28-38-35-15-9-12-18-46(35)61-49(38)31-44(40)60(34-23-21-33(22-24-34)55(2,3)4)58(52(45)50)51-37-17-11-14-20-48(37)63-54(51)59/h9-24,27-31H,25-26H2,1-8H3. The van der Waals surface area contributed by atoms with E-state index >= 15 is 0 Å². The average molecular weight is 869 g/mol. The summed E-state index contributed by atoms with van der Waals surface area (Å²) in [7, 11) is 0. The molecule has 63 heavy (non-hydrogen) atoms. The van der Waals surface area contributed by atoms with Crippen molar-refractivity contribution in [2.75, 3.05) is 9.71 Å². The molecule has 1 aliphatic carbocycles. The molecule has 0 N–H and O–H groups in total. The molecule has 0 saturated carbocycles. The number of hydrogen-bond donors (Lipinski definition) is 0. The van der Waals surface area contributed by atoms with Crippen molar-refractivity contribution in [1.82, 2.24) is 0 Å². The number of aryl methyl sites for hydroxylation is 1. The molecule has 0 saturated heterocycles. The van der Waals surface area contributed by atoms with Crippen molar-refractivity contribution in [2.45, 2.75) is 84.5 Å². The molecular formula is C57H49BN2S3. The molecule has 5 heterocycles. The Morgan fingerprint density at radius 3 is 1.83 bits per heavy atom. The molecule has 0 spiro atoms. The number of thiophene rings is 3. The zero-order valence-electron chi connectivity index (χ0n) is 37.2. The van der Waals surface area contributed by atoms with Gasteiger partial charge in [0.2, 0.25) is 0 Å². The van der Waals surface area contributed by atoms with Crippen LogP contribution in [0.25, 0.3) is 61.6 Å². The van der Waals surface area contributed by atoms with Gasteiger partial charge in [-0.1, -0.05) is 121 Å². The van der Waals surface area contributed by atoms with Crippen LogP contribution in [0, 0.1) is 6.92 Å². The first kappa shape index (κ1) is 38.1. The van der Waals surface area contributed by atoms with Crippen LogP contribution in [0.5, 0.6) is 0 Å². The molecule has 0 unspecified atom stereocenters. The molecule has 10 aromatic rings. The predicted molar refractivity (Wildman–Crippen MR) is 280 cm³/mol. The minimum absolute atomic E-state index is 0.0483. The highest BCUT2D eigenvalue weighted by Crippen LogP contribution is 2.56. The summed E-state index contributed by atoms with van der Waals surface area (Å²) in [6, 6.07) is 49.7. The minimum Gasteiger partial charge on any atom is -0.376 e. The van der Waals surface area contributed by atoms with E-state index in [1.54, 1.807) is 0 Å². The quantitative estimate of drug-likeness (QED) is 0.160. The van der Waals surface area contributed by atoms with Gasteiger partial charge >= 0.3 is 6.85 Å². The van der Waals surface area contributed by atoms with Gasteiger partial charge in [0.1, 0.15) is 0 Å². The molecule has 3 aliphatic rings. The summed E-state index contributed by atoms with van der Waals surface area (Å²) in [4.78, 5) is 5.45. The van der Waals surface area contributed by atoms with Gasteiger partial charge < -0.3 is 9.71 Å². The lowest BCUT2D eigenvalue weighted by molar-refractivity contribution is 0.332. The summed E-state index contributed by atoms with van der Waals surface area (Å²) in [5.41, 5.74) is 16.6. The zero-order valence-corrected chi connectivity index (χ0v) is 39.7. The van der Waals surface area contributed by atoms with Crippen molar-refractivity contribution in [3.8, 4) is 11.1 Å². The van der Waals surface area contributed by atoms with Crippen molar-refractivity contribution in [2.24, 2.45) is 0 Å². The predicted octanol–water partition coefficient (Wildman–Crippen LogP) is 16.3. The second-order valence-electron chi connectivity index (χ2n) is 20.8. The molecule has 2 aliphatic heterocycles. The Bertz CT molecular complexity index is 3590. The molecule has 3 aromatic heterocycles. The normalized spacial score (nSPS) is 16.3. The first-order valence-electron chi connectivity index (χ1n) is 22.6. The lowest BCUT2D eigenvalue weighted by Gasteiger charge is -2.46. The van der Waals surface area contributed by atoms with Crippen LogP contribution in [0.2, 0.25) is 0 Å². The number of anilines is 5. The van der Waals surface area contributed by atoms with E-state index in [9.17, 15) is 0 Å². The van der Waals surface area contributed by atoms with Crippen LogP contribution in [-0.4, -0.2) is 6.85 Å². The van der Waals surface area contributed by atoms with Crippen LogP contribution >= 0.6 is 34.0 Å². The van der Waals surface area contributed by atoms with E-state index in [4.69, 9.17) is 0 Å². The molecule has 2 nitrogen and oxygen atoms in total. The summed E-state index contributed by atoms with van der Waals surface area (Å²) >= 11 is 5.86. The summed E-state index contributed by atoms with van der Waals surface area (Å²) in [5.74, 6) is 0. The fraction of sp³-hybridized carbons (Fsp3) is 0.228. The number of fused-ring (bicyclic) bond motifs is 14. The Balaban J connectivity index is 1.22. The van der Waals surface area contributed by atoms with Crippen molar-refractivity contribution in [3.63, 3.8) is 0 Å². The Morgan fingerprint density at radius 2 is 1.14 bits per heavy atom. The van der Waals surface area contributed by atoms with E-state index in [2.05, 4.69) is 192 Å². The molecule has 0 fully saturated rings. The van der Waals surface area contributed by atoms with E-state index in [0.717, 1.165) is 0 Å². The van der Waals surface area contributed by atoms with Crippen molar-refractivity contribution < 1.29 is 0 Å². The number of benzene rings is 7. The van der Waals surface area contributed by atoms with Gasteiger partial charge in [-0.15, -0.1) is 34.0 Å². The van der Waals surface area contributed by atoms with Gasteiger partial charge in [-0.2, -0.15) is 0 Å².